The van der Waals surface area contributed by atoms with Gasteiger partial charge >= 0.3 is 6.36 Å². The highest BCUT2D eigenvalue weighted by atomic mass is 35.5. The number of benzene rings is 2. The molecule has 174 valence electrons. The average molecular weight is 488 g/mol. The van der Waals surface area contributed by atoms with Gasteiger partial charge in [-0.3, -0.25) is 14.4 Å². The number of H-pyrrole nitrogens is 1. The molecule has 0 unspecified atom stereocenters. The van der Waals surface area contributed by atoms with Gasteiger partial charge in [0.2, 0.25) is 11.3 Å². The lowest BCUT2D eigenvalue weighted by Gasteiger charge is -2.14. The Morgan fingerprint density at radius 2 is 1.94 bits per heavy atom. The minimum absolute atomic E-state index is 0.0204. The van der Waals surface area contributed by atoms with Gasteiger partial charge in [0.1, 0.15) is 28.7 Å². The molecular formula is C20H14ClF4N3O5. The van der Waals surface area contributed by atoms with Crippen molar-refractivity contribution < 1.29 is 37.0 Å². The molecule has 0 bridgehead atoms. The fourth-order valence-electron chi connectivity index (χ4n) is 2.99. The number of aromatic hydroxyl groups is 1. The van der Waals surface area contributed by atoms with Gasteiger partial charge in [-0.2, -0.15) is 0 Å². The first-order valence-corrected chi connectivity index (χ1v) is 9.42. The molecule has 0 saturated heterocycles. The number of carbonyl (C=O) groups excluding carboxylic acids is 2. The van der Waals surface area contributed by atoms with Crippen LogP contribution in [0, 0.1) is 5.82 Å². The van der Waals surface area contributed by atoms with Crippen LogP contribution < -0.4 is 20.8 Å². The van der Waals surface area contributed by atoms with Crippen molar-refractivity contribution in [3.05, 3.63) is 57.0 Å². The minimum atomic E-state index is -4.91. The van der Waals surface area contributed by atoms with E-state index in [1.54, 1.807) is 0 Å². The van der Waals surface area contributed by atoms with Crippen LogP contribution >= 0.6 is 11.6 Å². The summed E-state index contributed by atoms with van der Waals surface area (Å²) in [6, 6.07) is 5.26. The van der Waals surface area contributed by atoms with Crippen molar-refractivity contribution in [2.24, 2.45) is 0 Å². The number of ketones is 1. The second kappa shape index (κ2) is 8.98. The summed E-state index contributed by atoms with van der Waals surface area (Å²) in [5, 5.41) is 13.9. The quantitative estimate of drug-likeness (QED) is 0.306. The largest absolute Gasteiger partial charge is 0.573 e. The zero-order valence-corrected chi connectivity index (χ0v) is 17.3. The summed E-state index contributed by atoms with van der Waals surface area (Å²) in [6.07, 6.45) is -4.91. The maximum Gasteiger partial charge on any atom is 0.573 e. The zero-order valence-electron chi connectivity index (χ0n) is 16.6. The average Bonchev–Trinajstić information content (AvgIpc) is 2.69. The lowest BCUT2D eigenvalue weighted by molar-refractivity contribution is -0.274. The van der Waals surface area contributed by atoms with Crippen molar-refractivity contribution >= 4 is 45.7 Å². The van der Waals surface area contributed by atoms with Crippen LogP contribution in [0.25, 0.3) is 10.9 Å². The summed E-state index contributed by atoms with van der Waals surface area (Å²) >= 11 is 5.70. The van der Waals surface area contributed by atoms with Gasteiger partial charge in [-0.15, -0.1) is 13.2 Å². The standard InChI is InChI=1S/C20H14ClF4N3O5/c1-8(29)14-18(32)15-16(12(22)6-11(21)17(15)31)28-19(14)26-7-13(30)27-9-3-2-4-10(5-9)33-20(23,24)25/h2-6,31H,7H2,1H3,(H,27,30)(H2,26,28,32). The zero-order chi connectivity index (χ0) is 24.5. The van der Waals surface area contributed by atoms with E-state index in [0.29, 0.717) is 0 Å². The number of phenols is 1. The van der Waals surface area contributed by atoms with E-state index in [1.807, 2.05) is 0 Å². The number of halogens is 5. The van der Waals surface area contributed by atoms with E-state index in [0.717, 1.165) is 25.1 Å². The molecule has 0 radical (unpaired) electrons. The second-order valence-corrected chi connectivity index (χ2v) is 7.08. The van der Waals surface area contributed by atoms with Gasteiger partial charge in [0.05, 0.1) is 22.5 Å². The molecule has 0 atom stereocenters. The van der Waals surface area contributed by atoms with E-state index in [1.165, 1.54) is 12.1 Å². The van der Waals surface area contributed by atoms with Gasteiger partial charge in [0, 0.05) is 11.8 Å². The third-order valence-corrected chi connectivity index (χ3v) is 4.58. The summed E-state index contributed by atoms with van der Waals surface area (Å²) in [4.78, 5) is 39.4. The molecule has 33 heavy (non-hydrogen) atoms. The second-order valence-electron chi connectivity index (χ2n) is 6.68. The Bertz CT molecular complexity index is 1320. The number of ether oxygens (including phenoxy) is 1. The van der Waals surface area contributed by atoms with Crippen LogP contribution in [0.3, 0.4) is 0 Å². The normalized spacial score (nSPS) is 11.3. The number of phenolic OH excluding ortho intramolecular Hbond substituents is 1. The molecule has 1 heterocycles. The minimum Gasteiger partial charge on any atom is -0.506 e. The molecule has 0 aliphatic carbocycles. The number of hydrogen-bond donors (Lipinski definition) is 4. The summed E-state index contributed by atoms with van der Waals surface area (Å²) in [5.41, 5.74) is -1.98. The molecule has 3 rings (SSSR count). The van der Waals surface area contributed by atoms with E-state index in [2.05, 4.69) is 20.4 Å². The Balaban J connectivity index is 1.86. The molecule has 1 amide bonds. The Morgan fingerprint density at radius 3 is 2.58 bits per heavy atom. The lowest BCUT2D eigenvalue weighted by Crippen LogP contribution is -2.25. The van der Waals surface area contributed by atoms with E-state index in [-0.39, 0.29) is 11.5 Å². The number of alkyl halides is 3. The Kier molecular flexibility index (Phi) is 6.49. The third-order valence-electron chi connectivity index (χ3n) is 4.29. The van der Waals surface area contributed by atoms with Gasteiger partial charge in [-0.1, -0.05) is 17.7 Å². The summed E-state index contributed by atoms with van der Waals surface area (Å²) in [5.74, 6) is -4.09. The smallest absolute Gasteiger partial charge is 0.506 e. The van der Waals surface area contributed by atoms with Gasteiger partial charge in [0.25, 0.3) is 0 Å². The van der Waals surface area contributed by atoms with Crippen LogP contribution in [0.4, 0.5) is 29.1 Å². The molecule has 2 aromatic carbocycles. The molecule has 0 saturated carbocycles. The topological polar surface area (TPSA) is 121 Å². The van der Waals surface area contributed by atoms with Crippen molar-refractivity contribution in [1.29, 1.82) is 0 Å². The Morgan fingerprint density at radius 1 is 1.24 bits per heavy atom. The number of hydrogen-bond acceptors (Lipinski definition) is 6. The highest BCUT2D eigenvalue weighted by Crippen LogP contribution is 2.33. The van der Waals surface area contributed by atoms with Crippen molar-refractivity contribution in [3.8, 4) is 11.5 Å². The van der Waals surface area contributed by atoms with Crippen molar-refractivity contribution in [3.63, 3.8) is 0 Å². The number of rotatable bonds is 6. The predicted molar refractivity (Wildman–Crippen MR) is 111 cm³/mol. The van der Waals surface area contributed by atoms with Crippen LogP contribution in [-0.4, -0.2) is 34.7 Å². The van der Waals surface area contributed by atoms with E-state index < -0.39 is 68.8 Å². The highest BCUT2D eigenvalue weighted by molar-refractivity contribution is 6.33. The molecule has 0 aliphatic heterocycles. The maximum atomic E-state index is 14.3. The van der Waals surface area contributed by atoms with Crippen LogP contribution in [0.2, 0.25) is 5.02 Å². The van der Waals surface area contributed by atoms with Crippen LogP contribution in [0.5, 0.6) is 11.5 Å². The van der Waals surface area contributed by atoms with E-state index >= 15 is 0 Å². The SMILES string of the molecule is CC(=O)c1c(NCC(=O)Nc2cccc(OC(F)(F)F)c2)[nH]c2c(F)cc(Cl)c(O)c2c1=O. The van der Waals surface area contributed by atoms with Crippen molar-refractivity contribution in [2.75, 3.05) is 17.2 Å². The van der Waals surface area contributed by atoms with Crippen molar-refractivity contribution in [1.82, 2.24) is 4.98 Å². The highest BCUT2D eigenvalue weighted by Gasteiger charge is 2.31. The number of carbonyl (C=O) groups is 2. The van der Waals surface area contributed by atoms with E-state index in [9.17, 15) is 37.1 Å². The number of Topliss-reactive ketones (excluding diaryl/α,β-unsaturated/α-hetero) is 1. The molecule has 4 N–H and O–H groups in total. The fraction of sp³-hybridized carbons (Fsp3) is 0.150. The number of amides is 1. The molecule has 0 aliphatic rings. The number of aromatic amines is 1. The fourth-order valence-corrected chi connectivity index (χ4v) is 3.18. The van der Waals surface area contributed by atoms with Crippen LogP contribution in [-0.2, 0) is 4.79 Å². The van der Waals surface area contributed by atoms with Crippen LogP contribution in [0.1, 0.15) is 17.3 Å². The molecule has 8 nitrogen and oxygen atoms in total. The van der Waals surface area contributed by atoms with Gasteiger partial charge < -0.3 is 25.5 Å². The molecule has 1 aromatic heterocycles. The van der Waals surface area contributed by atoms with Gasteiger partial charge in [-0.25, -0.2) is 4.39 Å². The first-order chi connectivity index (χ1) is 15.4. The summed E-state index contributed by atoms with van der Waals surface area (Å²) in [7, 11) is 0. The molecule has 3 aromatic rings. The van der Waals surface area contributed by atoms with Gasteiger partial charge in [-0.05, 0) is 25.1 Å². The summed E-state index contributed by atoms with van der Waals surface area (Å²) in [6.45, 7) is 0.485. The lowest BCUT2D eigenvalue weighted by atomic mass is 10.1. The maximum absolute atomic E-state index is 14.3. The molecule has 0 spiro atoms. The number of fused-ring (bicyclic) bond motifs is 1. The monoisotopic (exact) mass is 487 g/mol. The van der Waals surface area contributed by atoms with Gasteiger partial charge in [0.15, 0.2) is 5.78 Å². The Hall–Kier alpha value is -3.80. The molecule has 0 fully saturated rings. The van der Waals surface area contributed by atoms with Crippen molar-refractivity contribution in [2.45, 2.75) is 13.3 Å². The predicted octanol–water partition coefficient (Wildman–Crippen LogP) is 4.18. The summed E-state index contributed by atoms with van der Waals surface area (Å²) < 4.78 is 55.1. The number of anilines is 2. The molecular weight excluding hydrogens is 474 g/mol. The molecule has 13 heteroatoms. The Labute approximate surface area is 187 Å². The third kappa shape index (κ3) is 5.34. The number of aromatic nitrogens is 1. The van der Waals surface area contributed by atoms with Crippen LogP contribution in [0.15, 0.2) is 35.1 Å². The first-order valence-electron chi connectivity index (χ1n) is 9.04. The number of pyridine rings is 1. The number of nitrogens with one attached hydrogen (secondary N) is 3. The van der Waals surface area contributed by atoms with E-state index in [4.69, 9.17) is 11.6 Å². The first kappa shape index (κ1) is 23.9.